The van der Waals surface area contributed by atoms with Gasteiger partial charge in [-0.3, -0.25) is 0 Å². The van der Waals surface area contributed by atoms with Gasteiger partial charge in [-0.2, -0.15) is 0 Å². The van der Waals surface area contributed by atoms with Crippen LogP contribution in [0, 0.1) is 5.92 Å². The molecule has 0 aliphatic carbocycles. The Morgan fingerprint density at radius 1 is 1.18 bits per heavy atom. The molecule has 1 saturated heterocycles. The van der Waals surface area contributed by atoms with E-state index in [2.05, 4.69) is 4.90 Å². The molecule has 94 valence electrons. The molecule has 2 N–H and O–H groups in total. The Kier molecular flexibility index (Phi) is 4.54. The SMILES string of the molecule is OCC1CCN(CC(O)c2ccccc2)CC1. The number of aliphatic hydroxyl groups is 2. The van der Waals surface area contributed by atoms with E-state index in [9.17, 15) is 5.11 Å². The lowest BCUT2D eigenvalue weighted by molar-refractivity contribution is 0.0763. The van der Waals surface area contributed by atoms with Crippen LogP contribution in [-0.4, -0.2) is 41.4 Å². The summed E-state index contributed by atoms with van der Waals surface area (Å²) in [4.78, 5) is 2.28. The lowest BCUT2D eigenvalue weighted by Gasteiger charge is -2.32. The summed E-state index contributed by atoms with van der Waals surface area (Å²) in [5.74, 6) is 0.458. The van der Waals surface area contributed by atoms with E-state index in [0.29, 0.717) is 19.1 Å². The minimum atomic E-state index is -0.401. The smallest absolute Gasteiger partial charge is 0.0916 e. The zero-order chi connectivity index (χ0) is 12.1. The van der Waals surface area contributed by atoms with E-state index in [1.807, 2.05) is 30.3 Å². The molecule has 1 fully saturated rings. The Morgan fingerprint density at radius 3 is 2.41 bits per heavy atom. The van der Waals surface area contributed by atoms with Gasteiger partial charge in [-0.15, -0.1) is 0 Å². The summed E-state index contributed by atoms with van der Waals surface area (Å²) < 4.78 is 0. The second kappa shape index (κ2) is 6.15. The maximum absolute atomic E-state index is 10.1. The highest BCUT2D eigenvalue weighted by Crippen LogP contribution is 2.20. The van der Waals surface area contributed by atoms with Crippen LogP contribution in [0.4, 0.5) is 0 Å². The van der Waals surface area contributed by atoms with E-state index >= 15 is 0 Å². The van der Waals surface area contributed by atoms with Crippen molar-refractivity contribution >= 4 is 0 Å². The van der Waals surface area contributed by atoms with Gasteiger partial charge in [0.25, 0.3) is 0 Å². The van der Waals surface area contributed by atoms with Gasteiger partial charge in [-0.05, 0) is 37.4 Å². The van der Waals surface area contributed by atoms with E-state index in [1.54, 1.807) is 0 Å². The number of likely N-dealkylation sites (tertiary alicyclic amines) is 1. The van der Waals surface area contributed by atoms with Crippen LogP contribution < -0.4 is 0 Å². The summed E-state index contributed by atoms with van der Waals surface area (Å²) in [7, 11) is 0. The van der Waals surface area contributed by atoms with Gasteiger partial charge in [0.1, 0.15) is 0 Å². The van der Waals surface area contributed by atoms with Gasteiger partial charge in [-0.1, -0.05) is 30.3 Å². The van der Waals surface area contributed by atoms with Crippen molar-refractivity contribution in [2.24, 2.45) is 5.92 Å². The van der Waals surface area contributed by atoms with Gasteiger partial charge in [-0.25, -0.2) is 0 Å². The molecule has 0 amide bonds. The number of β-amino-alcohol motifs (C(OH)–C–C–N with tert-alkyl or cyclic N) is 1. The lowest BCUT2D eigenvalue weighted by atomic mass is 9.97. The van der Waals surface area contributed by atoms with Gasteiger partial charge in [0, 0.05) is 13.2 Å². The van der Waals surface area contributed by atoms with Crippen molar-refractivity contribution in [3.63, 3.8) is 0 Å². The zero-order valence-electron chi connectivity index (χ0n) is 10.1. The second-order valence-electron chi connectivity index (χ2n) is 4.85. The number of hydrogen-bond donors (Lipinski definition) is 2. The molecule has 2 rings (SSSR count). The molecule has 1 aliphatic rings. The van der Waals surface area contributed by atoms with Crippen molar-refractivity contribution in [3.05, 3.63) is 35.9 Å². The first-order valence-corrected chi connectivity index (χ1v) is 6.36. The number of piperidine rings is 1. The van der Waals surface area contributed by atoms with Gasteiger partial charge >= 0.3 is 0 Å². The minimum Gasteiger partial charge on any atom is -0.396 e. The maximum atomic E-state index is 10.1. The van der Waals surface area contributed by atoms with Crippen molar-refractivity contribution in [2.75, 3.05) is 26.2 Å². The topological polar surface area (TPSA) is 43.7 Å². The molecule has 1 heterocycles. The van der Waals surface area contributed by atoms with Gasteiger partial charge in [0.05, 0.1) is 6.10 Å². The molecule has 1 aliphatic heterocycles. The van der Waals surface area contributed by atoms with Crippen LogP contribution in [0.2, 0.25) is 0 Å². The Hall–Kier alpha value is -0.900. The Morgan fingerprint density at radius 2 is 1.82 bits per heavy atom. The molecule has 3 heteroatoms. The van der Waals surface area contributed by atoms with Crippen molar-refractivity contribution < 1.29 is 10.2 Å². The highest BCUT2D eigenvalue weighted by molar-refractivity contribution is 5.17. The Balaban J connectivity index is 1.82. The highest BCUT2D eigenvalue weighted by Gasteiger charge is 2.20. The third-order valence-corrected chi connectivity index (χ3v) is 3.58. The van der Waals surface area contributed by atoms with Gasteiger partial charge in [0.2, 0.25) is 0 Å². The maximum Gasteiger partial charge on any atom is 0.0916 e. The van der Waals surface area contributed by atoms with Crippen LogP contribution in [0.1, 0.15) is 24.5 Å². The minimum absolute atomic E-state index is 0.301. The van der Waals surface area contributed by atoms with E-state index in [4.69, 9.17) is 5.11 Å². The van der Waals surface area contributed by atoms with E-state index in [1.165, 1.54) is 0 Å². The fourth-order valence-electron chi connectivity index (χ4n) is 2.38. The molecule has 1 aromatic rings. The predicted molar refractivity (Wildman–Crippen MR) is 67.7 cm³/mol. The Labute approximate surface area is 103 Å². The van der Waals surface area contributed by atoms with Crippen LogP contribution in [0.15, 0.2) is 30.3 Å². The quantitative estimate of drug-likeness (QED) is 0.829. The molecule has 17 heavy (non-hydrogen) atoms. The molecule has 0 spiro atoms. The normalized spacial score (nSPS) is 20.4. The lowest BCUT2D eigenvalue weighted by Crippen LogP contribution is -2.37. The van der Waals surface area contributed by atoms with Crippen LogP contribution in [0.3, 0.4) is 0 Å². The average Bonchev–Trinajstić information content (AvgIpc) is 2.40. The summed E-state index contributed by atoms with van der Waals surface area (Å²) in [6.45, 7) is 2.96. The van der Waals surface area contributed by atoms with Crippen molar-refractivity contribution in [1.82, 2.24) is 4.90 Å². The summed E-state index contributed by atoms with van der Waals surface area (Å²) in [5.41, 5.74) is 0.983. The van der Waals surface area contributed by atoms with E-state index < -0.39 is 6.10 Å². The van der Waals surface area contributed by atoms with E-state index in [0.717, 1.165) is 31.5 Å². The predicted octanol–water partition coefficient (Wildman–Crippen LogP) is 1.42. The van der Waals surface area contributed by atoms with Crippen LogP contribution in [-0.2, 0) is 0 Å². The first-order valence-electron chi connectivity index (χ1n) is 6.36. The zero-order valence-corrected chi connectivity index (χ0v) is 10.1. The van der Waals surface area contributed by atoms with Crippen LogP contribution in [0.5, 0.6) is 0 Å². The van der Waals surface area contributed by atoms with E-state index in [-0.39, 0.29) is 0 Å². The summed E-state index contributed by atoms with van der Waals surface area (Å²) in [5, 5.41) is 19.2. The molecule has 3 nitrogen and oxygen atoms in total. The molecular weight excluding hydrogens is 214 g/mol. The number of benzene rings is 1. The third-order valence-electron chi connectivity index (χ3n) is 3.58. The fraction of sp³-hybridized carbons (Fsp3) is 0.571. The Bertz CT molecular complexity index is 320. The molecule has 1 aromatic carbocycles. The van der Waals surface area contributed by atoms with Gasteiger partial charge in [0.15, 0.2) is 0 Å². The van der Waals surface area contributed by atoms with Crippen LogP contribution in [0.25, 0.3) is 0 Å². The van der Waals surface area contributed by atoms with Crippen molar-refractivity contribution in [3.8, 4) is 0 Å². The highest BCUT2D eigenvalue weighted by atomic mass is 16.3. The molecule has 0 radical (unpaired) electrons. The first kappa shape index (κ1) is 12.6. The third kappa shape index (κ3) is 3.53. The molecule has 1 unspecified atom stereocenters. The number of nitrogens with zero attached hydrogens (tertiary/aromatic N) is 1. The molecule has 0 bridgehead atoms. The summed E-state index contributed by atoms with van der Waals surface area (Å²) >= 11 is 0. The standard InChI is InChI=1S/C14H21NO2/c16-11-12-6-8-15(9-7-12)10-14(17)13-4-2-1-3-5-13/h1-5,12,14,16-17H,6-11H2. The average molecular weight is 235 g/mol. The van der Waals surface area contributed by atoms with Crippen molar-refractivity contribution in [2.45, 2.75) is 18.9 Å². The second-order valence-corrected chi connectivity index (χ2v) is 4.85. The van der Waals surface area contributed by atoms with Gasteiger partial charge < -0.3 is 15.1 Å². The summed E-state index contributed by atoms with van der Waals surface area (Å²) in [6, 6.07) is 9.80. The number of hydrogen-bond acceptors (Lipinski definition) is 3. The number of aliphatic hydroxyl groups excluding tert-OH is 2. The number of rotatable bonds is 4. The summed E-state index contributed by atoms with van der Waals surface area (Å²) in [6.07, 6.45) is 1.68. The monoisotopic (exact) mass is 235 g/mol. The molecule has 0 saturated carbocycles. The van der Waals surface area contributed by atoms with Crippen LogP contribution >= 0.6 is 0 Å². The van der Waals surface area contributed by atoms with Crippen molar-refractivity contribution in [1.29, 1.82) is 0 Å². The largest absolute Gasteiger partial charge is 0.396 e. The fourth-order valence-corrected chi connectivity index (χ4v) is 2.38. The first-order chi connectivity index (χ1) is 8.29. The molecule has 1 atom stereocenters. The molecule has 0 aromatic heterocycles. The molecular formula is C14H21NO2.